The van der Waals surface area contributed by atoms with Crippen molar-refractivity contribution in [2.45, 2.75) is 60.0 Å². The molecule has 1 amide bonds. The van der Waals surface area contributed by atoms with Gasteiger partial charge < -0.3 is 15.0 Å². The largest absolute Gasteiger partial charge is 0.313 e. The molecule has 0 bridgehead atoms. The molecule has 12 heteroatoms. The molecule has 2 unspecified atom stereocenters. The van der Waals surface area contributed by atoms with Gasteiger partial charge in [-0.1, -0.05) is 19.4 Å². The monoisotopic (exact) mass is 636 g/mol. The van der Waals surface area contributed by atoms with Gasteiger partial charge in [-0.25, -0.2) is 15.0 Å². The number of Topliss-reactive ketones (excluding diaryl/α,β-unsaturated/α-hetero) is 1. The smallest absolute Gasteiger partial charge is 0.212 e. The minimum Gasteiger partial charge on any atom is -0.313 e. The van der Waals surface area contributed by atoms with E-state index in [1.54, 1.807) is 31.6 Å². The highest BCUT2D eigenvalue weighted by molar-refractivity contribution is 9.10. The van der Waals surface area contributed by atoms with Gasteiger partial charge in [-0.05, 0) is 73.8 Å². The molecule has 4 aromatic heterocycles. The van der Waals surface area contributed by atoms with Gasteiger partial charge in [0.25, 0.3) is 0 Å². The highest BCUT2D eigenvalue weighted by atomic mass is 79.9. The number of aldehydes is 1. The number of fused-ring (bicyclic) bond motifs is 1. The predicted molar refractivity (Wildman–Crippen MR) is 166 cm³/mol. The number of carbonyl (C=O) groups excluding carboxylic acids is 3. The predicted octanol–water partition coefficient (Wildman–Crippen LogP) is 5.06. The molecule has 0 aliphatic carbocycles. The number of amides is 1. The average molecular weight is 638 g/mol. The molecule has 1 fully saturated rings. The molecule has 4 aromatic rings. The van der Waals surface area contributed by atoms with Gasteiger partial charge in [0.2, 0.25) is 6.41 Å². The number of aryl methyl sites for hydroxylation is 2. The van der Waals surface area contributed by atoms with E-state index in [0.717, 1.165) is 29.4 Å². The fourth-order valence-electron chi connectivity index (χ4n) is 4.55. The Morgan fingerprint density at radius 1 is 1.14 bits per heavy atom. The average Bonchev–Trinajstić information content (AvgIpc) is 3.50. The van der Waals surface area contributed by atoms with E-state index in [-0.39, 0.29) is 12.3 Å². The molecule has 0 spiro atoms. The molecule has 222 valence electrons. The Kier molecular flexibility index (Phi) is 11.9. The van der Waals surface area contributed by atoms with E-state index in [1.807, 2.05) is 19.1 Å². The van der Waals surface area contributed by atoms with Crippen molar-refractivity contribution in [1.82, 2.24) is 34.6 Å². The second kappa shape index (κ2) is 15.4. The van der Waals surface area contributed by atoms with Crippen LogP contribution >= 0.6 is 15.9 Å². The Balaban J connectivity index is 0.000000201. The van der Waals surface area contributed by atoms with Crippen LogP contribution in [0.1, 0.15) is 55.5 Å². The fourth-order valence-corrected chi connectivity index (χ4v) is 4.86. The van der Waals surface area contributed by atoms with Crippen molar-refractivity contribution in [1.29, 1.82) is 0 Å². The number of nitrogens with one attached hydrogen (secondary N) is 1. The highest BCUT2D eigenvalue weighted by Gasteiger charge is 2.24. The quantitative estimate of drug-likeness (QED) is 0.168. The summed E-state index contributed by atoms with van der Waals surface area (Å²) in [6, 6.07) is 6.30. The molecule has 1 aliphatic heterocycles. The minimum absolute atomic E-state index is 0.0818. The Morgan fingerprint density at radius 3 is 2.40 bits per heavy atom. The van der Waals surface area contributed by atoms with Crippen LogP contribution in [0.25, 0.3) is 22.2 Å². The molecular formula is C30H37BrN8O3. The SMILES string of the molecule is CC(=O)c1nn(CC=O)c2cnc(-c3cnc(C)nc3)cc12.CCC1CC(C)N(C)C1.Cc1ccc(Br)nc1NC=O. The highest BCUT2D eigenvalue weighted by Crippen LogP contribution is 2.25. The van der Waals surface area contributed by atoms with Crippen molar-refractivity contribution in [3.8, 4) is 11.3 Å². The number of ketones is 1. The molecular weight excluding hydrogens is 600 g/mol. The zero-order chi connectivity index (χ0) is 30.8. The molecule has 5 heterocycles. The van der Waals surface area contributed by atoms with Gasteiger partial charge in [0, 0.05) is 42.9 Å². The Labute approximate surface area is 254 Å². The number of aromatic nitrogens is 6. The lowest BCUT2D eigenvalue weighted by atomic mass is 10.0. The van der Waals surface area contributed by atoms with E-state index in [1.165, 1.54) is 31.0 Å². The molecule has 1 saturated heterocycles. The van der Waals surface area contributed by atoms with Gasteiger partial charge in [-0.2, -0.15) is 5.10 Å². The third-order valence-electron chi connectivity index (χ3n) is 7.10. The molecule has 11 nitrogen and oxygen atoms in total. The van der Waals surface area contributed by atoms with Crippen LogP contribution in [0.15, 0.2) is 41.4 Å². The third kappa shape index (κ3) is 8.56. The number of pyridine rings is 2. The van der Waals surface area contributed by atoms with E-state index in [0.29, 0.717) is 44.9 Å². The number of halogens is 1. The van der Waals surface area contributed by atoms with Crippen LogP contribution in [-0.4, -0.2) is 72.7 Å². The zero-order valence-electron chi connectivity index (χ0n) is 24.8. The van der Waals surface area contributed by atoms with Crippen molar-refractivity contribution < 1.29 is 14.4 Å². The molecule has 0 radical (unpaired) electrons. The molecule has 42 heavy (non-hydrogen) atoms. The van der Waals surface area contributed by atoms with Gasteiger partial charge in [-0.15, -0.1) is 0 Å². The topological polar surface area (TPSA) is 136 Å². The van der Waals surface area contributed by atoms with Crippen LogP contribution in [0.3, 0.4) is 0 Å². The number of rotatable bonds is 7. The summed E-state index contributed by atoms with van der Waals surface area (Å²) in [6.45, 7) is 11.1. The minimum atomic E-state index is -0.160. The number of carbonyl (C=O) groups is 3. The van der Waals surface area contributed by atoms with Crippen molar-refractivity contribution in [3.63, 3.8) is 0 Å². The van der Waals surface area contributed by atoms with Crippen molar-refractivity contribution in [2.24, 2.45) is 5.92 Å². The summed E-state index contributed by atoms with van der Waals surface area (Å²) in [4.78, 5) is 51.7. The first-order valence-electron chi connectivity index (χ1n) is 13.7. The summed E-state index contributed by atoms with van der Waals surface area (Å²) in [5, 5.41) is 7.35. The molecule has 1 N–H and O–H groups in total. The van der Waals surface area contributed by atoms with Gasteiger partial charge in [0.15, 0.2) is 5.78 Å². The summed E-state index contributed by atoms with van der Waals surface area (Å²) in [6.07, 6.45) is 9.08. The second-order valence-corrected chi connectivity index (χ2v) is 11.0. The van der Waals surface area contributed by atoms with Crippen LogP contribution in [0.5, 0.6) is 0 Å². The lowest BCUT2D eigenvalue weighted by Gasteiger charge is -2.12. The van der Waals surface area contributed by atoms with Gasteiger partial charge >= 0.3 is 0 Å². The van der Waals surface area contributed by atoms with Gasteiger partial charge in [-0.3, -0.25) is 19.3 Å². The number of anilines is 1. The van der Waals surface area contributed by atoms with Crippen molar-refractivity contribution >= 4 is 51.1 Å². The fraction of sp³-hybridized carbons (Fsp3) is 0.400. The van der Waals surface area contributed by atoms with Crippen LogP contribution in [0.4, 0.5) is 5.82 Å². The summed E-state index contributed by atoms with van der Waals surface area (Å²) in [7, 11) is 2.22. The maximum atomic E-state index is 11.8. The lowest BCUT2D eigenvalue weighted by molar-refractivity contribution is -0.108. The van der Waals surface area contributed by atoms with Crippen LogP contribution < -0.4 is 5.32 Å². The Morgan fingerprint density at radius 2 is 1.86 bits per heavy atom. The Hall–Kier alpha value is -3.90. The first-order chi connectivity index (χ1) is 20.1. The Bertz CT molecular complexity index is 1510. The summed E-state index contributed by atoms with van der Waals surface area (Å²) < 4.78 is 2.19. The summed E-state index contributed by atoms with van der Waals surface area (Å²) in [5.74, 6) is 2.08. The summed E-state index contributed by atoms with van der Waals surface area (Å²) >= 11 is 3.20. The number of likely N-dealkylation sites (tertiary alicyclic amines) is 1. The maximum absolute atomic E-state index is 11.8. The molecule has 5 rings (SSSR count). The third-order valence-corrected chi connectivity index (χ3v) is 7.55. The van der Waals surface area contributed by atoms with Crippen LogP contribution in [0, 0.1) is 19.8 Å². The maximum Gasteiger partial charge on any atom is 0.212 e. The molecule has 1 aliphatic rings. The van der Waals surface area contributed by atoms with Crippen molar-refractivity contribution in [2.75, 3.05) is 18.9 Å². The first-order valence-corrected chi connectivity index (χ1v) is 14.5. The van der Waals surface area contributed by atoms with E-state index < -0.39 is 0 Å². The van der Waals surface area contributed by atoms with E-state index in [4.69, 9.17) is 0 Å². The van der Waals surface area contributed by atoms with E-state index in [2.05, 4.69) is 72.1 Å². The second-order valence-electron chi connectivity index (χ2n) is 10.2. The van der Waals surface area contributed by atoms with E-state index >= 15 is 0 Å². The zero-order valence-corrected chi connectivity index (χ0v) is 26.4. The number of hydrogen-bond acceptors (Lipinski definition) is 9. The number of hydrogen-bond donors (Lipinski definition) is 1. The number of nitrogens with zero attached hydrogens (tertiary/aromatic N) is 7. The van der Waals surface area contributed by atoms with Gasteiger partial charge in [0.05, 0.1) is 24.0 Å². The summed E-state index contributed by atoms with van der Waals surface area (Å²) in [5.41, 5.74) is 3.33. The van der Waals surface area contributed by atoms with Crippen LogP contribution in [-0.2, 0) is 16.1 Å². The van der Waals surface area contributed by atoms with E-state index in [9.17, 15) is 14.4 Å². The van der Waals surface area contributed by atoms with Gasteiger partial charge in [0.1, 0.15) is 28.2 Å². The standard InChI is InChI=1S/C15H13N5O2.C8H17N.C7H7BrN2O/c1-9(22)15-12-5-13(11-6-16-10(2)17-7-11)18-8-14(12)20(19-15)3-4-21;1-4-8-5-7(2)9(3)6-8;1-5-2-3-6(8)10-7(5)9-4-11/h4-8H,3H2,1-2H3;7-8H,4-6H2,1-3H3;2-4H,1H3,(H,9,10,11). The molecule has 2 atom stereocenters. The molecule has 0 aromatic carbocycles. The van der Waals surface area contributed by atoms with Crippen molar-refractivity contribution in [3.05, 3.63) is 58.5 Å². The lowest BCUT2D eigenvalue weighted by Crippen LogP contribution is -2.21. The molecule has 0 saturated carbocycles. The normalized spacial score (nSPS) is 16.2. The van der Waals surface area contributed by atoms with Crippen LogP contribution in [0.2, 0.25) is 0 Å². The first kappa shape index (κ1) is 32.6.